The first-order chi connectivity index (χ1) is 9.70. The number of fused-ring (bicyclic) bond motifs is 1. The first-order valence-electron chi connectivity index (χ1n) is 6.41. The van der Waals surface area contributed by atoms with Crippen LogP contribution in [0.15, 0.2) is 23.1 Å². The lowest BCUT2D eigenvalue weighted by molar-refractivity contribution is -0.122. The van der Waals surface area contributed by atoms with E-state index in [1.165, 1.54) is 6.07 Å². The summed E-state index contributed by atoms with van der Waals surface area (Å²) in [5, 5.41) is 2.78. The van der Waals surface area contributed by atoms with Gasteiger partial charge in [0.15, 0.2) is 14.6 Å². The van der Waals surface area contributed by atoms with Crippen molar-refractivity contribution >= 4 is 39.0 Å². The molecule has 2 rings (SSSR count). The Labute approximate surface area is 128 Å². The van der Waals surface area contributed by atoms with Crippen molar-refractivity contribution in [3.8, 4) is 0 Å². The number of imidazole rings is 1. The van der Waals surface area contributed by atoms with Gasteiger partial charge in [0.05, 0.1) is 15.9 Å². The number of hydrogen-bond acceptors (Lipinski definition) is 4. The average molecular weight is 327 g/mol. The molecule has 0 atom stereocenters. The molecule has 2 N–H and O–H groups in total. The highest BCUT2D eigenvalue weighted by Gasteiger charge is 2.16. The molecule has 0 spiro atoms. The Morgan fingerprint density at radius 3 is 2.67 bits per heavy atom. The molecule has 0 aliphatic heterocycles. The highest BCUT2D eigenvalue weighted by molar-refractivity contribution is 7.91. The van der Waals surface area contributed by atoms with Crippen molar-refractivity contribution in [2.45, 2.75) is 31.3 Å². The molecule has 21 heavy (non-hydrogen) atoms. The van der Waals surface area contributed by atoms with Crippen molar-refractivity contribution < 1.29 is 13.2 Å². The van der Waals surface area contributed by atoms with Crippen LogP contribution in [-0.2, 0) is 21.2 Å². The summed E-state index contributed by atoms with van der Waals surface area (Å²) in [7, 11) is -3.37. The average Bonchev–Trinajstić information content (AvgIpc) is 2.63. The van der Waals surface area contributed by atoms with Crippen LogP contribution < -0.4 is 5.32 Å². The second-order valence-electron chi connectivity index (χ2n) is 5.16. The number of nitrogens with one attached hydrogen (secondary N) is 2. The van der Waals surface area contributed by atoms with E-state index in [0.717, 1.165) is 6.26 Å². The van der Waals surface area contributed by atoms with Crippen LogP contribution in [0.25, 0.3) is 11.0 Å². The van der Waals surface area contributed by atoms with E-state index in [1.807, 2.05) is 13.8 Å². The summed E-state index contributed by atoms with van der Waals surface area (Å²) in [6, 6.07) is 4.92. The van der Waals surface area contributed by atoms with E-state index >= 15 is 0 Å². The molecule has 0 radical (unpaired) electrons. The minimum Gasteiger partial charge on any atom is -0.352 e. The molecule has 0 saturated heterocycles. The van der Waals surface area contributed by atoms with Gasteiger partial charge in [0, 0.05) is 12.3 Å². The smallest absolute Gasteiger partial charge is 0.240 e. The molecule has 0 saturated carbocycles. The number of nitrogens with zero attached hydrogens (tertiary/aromatic N) is 1. The lowest BCUT2D eigenvalue weighted by Gasteiger charge is -2.09. The van der Waals surface area contributed by atoms with Crippen LogP contribution >= 0.6 is 12.2 Å². The molecule has 0 unspecified atom stereocenters. The van der Waals surface area contributed by atoms with Gasteiger partial charge in [-0.1, -0.05) is 6.07 Å². The Hall–Kier alpha value is -1.67. The van der Waals surface area contributed by atoms with E-state index < -0.39 is 9.84 Å². The molecule has 1 aromatic heterocycles. The summed E-state index contributed by atoms with van der Waals surface area (Å²) in [5.74, 6) is -0.174. The number of H-pyrrole nitrogens is 1. The maximum Gasteiger partial charge on any atom is 0.240 e. The van der Waals surface area contributed by atoms with Gasteiger partial charge in [-0.25, -0.2) is 8.42 Å². The van der Waals surface area contributed by atoms with Crippen molar-refractivity contribution in [2.75, 3.05) is 6.26 Å². The number of hydrogen-bond donors (Lipinski definition) is 2. The van der Waals surface area contributed by atoms with Crippen LogP contribution in [0.2, 0.25) is 0 Å². The molecule has 2 aromatic rings. The molecule has 1 aromatic carbocycles. The SMILES string of the molecule is CC(C)NC(=O)Cn1c(=S)[nH]c2c(S(C)(=O)=O)cccc21. The van der Waals surface area contributed by atoms with Crippen molar-refractivity contribution in [2.24, 2.45) is 0 Å². The molecule has 1 amide bonds. The number of carbonyl (C=O) groups excluding carboxylic acids is 1. The third-order valence-electron chi connectivity index (χ3n) is 2.92. The van der Waals surface area contributed by atoms with Crippen LogP contribution in [0, 0.1) is 4.77 Å². The molecule has 0 aliphatic rings. The highest BCUT2D eigenvalue weighted by Crippen LogP contribution is 2.22. The van der Waals surface area contributed by atoms with Crippen LogP contribution in [0.5, 0.6) is 0 Å². The molecular weight excluding hydrogens is 310 g/mol. The number of sulfone groups is 1. The van der Waals surface area contributed by atoms with Crippen molar-refractivity contribution in [3.05, 3.63) is 23.0 Å². The van der Waals surface area contributed by atoms with Gasteiger partial charge in [0.2, 0.25) is 5.91 Å². The van der Waals surface area contributed by atoms with Gasteiger partial charge in [-0.15, -0.1) is 0 Å². The Bertz CT molecular complexity index is 847. The fraction of sp³-hybridized carbons (Fsp3) is 0.385. The van der Waals surface area contributed by atoms with Crippen LogP contribution in [0.1, 0.15) is 13.8 Å². The summed E-state index contributed by atoms with van der Waals surface area (Å²) in [4.78, 5) is 14.9. The van der Waals surface area contributed by atoms with Gasteiger partial charge in [-0.3, -0.25) is 4.79 Å². The van der Waals surface area contributed by atoms with Crippen LogP contribution in [0.4, 0.5) is 0 Å². The zero-order valence-electron chi connectivity index (χ0n) is 12.0. The predicted octanol–water partition coefficient (Wildman–Crippen LogP) is 1.63. The Kier molecular flexibility index (Phi) is 4.20. The van der Waals surface area contributed by atoms with Gasteiger partial charge in [-0.2, -0.15) is 0 Å². The van der Waals surface area contributed by atoms with Crippen molar-refractivity contribution in [1.29, 1.82) is 0 Å². The Morgan fingerprint density at radius 1 is 1.43 bits per heavy atom. The predicted molar refractivity (Wildman–Crippen MR) is 83.5 cm³/mol. The molecule has 8 heteroatoms. The van der Waals surface area contributed by atoms with E-state index in [0.29, 0.717) is 15.8 Å². The fourth-order valence-corrected chi connectivity index (χ4v) is 3.25. The summed E-state index contributed by atoms with van der Waals surface area (Å²) >= 11 is 5.20. The van der Waals surface area contributed by atoms with E-state index in [-0.39, 0.29) is 23.4 Å². The number of para-hydroxylation sites is 1. The maximum absolute atomic E-state index is 11.9. The summed E-state index contributed by atoms with van der Waals surface area (Å²) in [6.07, 6.45) is 1.14. The molecule has 114 valence electrons. The number of carbonyl (C=O) groups is 1. The molecule has 0 fully saturated rings. The van der Waals surface area contributed by atoms with Crippen molar-refractivity contribution in [3.63, 3.8) is 0 Å². The second-order valence-corrected chi connectivity index (χ2v) is 7.53. The molecule has 0 bridgehead atoms. The molecular formula is C13H17N3O3S2. The molecule has 0 aliphatic carbocycles. The fourth-order valence-electron chi connectivity index (χ4n) is 2.13. The maximum atomic E-state index is 11.9. The van der Waals surface area contributed by atoms with Crippen molar-refractivity contribution in [1.82, 2.24) is 14.9 Å². The molecule has 1 heterocycles. The zero-order valence-corrected chi connectivity index (χ0v) is 13.6. The highest BCUT2D eigenvalue weighted by atomic mass is 32.2. The molecule has 6 nitrogen and oxygen atoms in total. The minimum absolute atomic E-state index is 0.0310. The van der Waals surface area contributed by atoms with Gasteiger partial charge in [0.1, 0.15) is 6.54 Å². The first-order valence-corrected chi connectivity index (χ1v) is 8.71. The lowest BCUT2D eigenvalue weighted by Crippen LogP contribution is -2.33. The standard InChI is InChI=1S/C13H17N3O3S2/c1-8(2)14-11(17)7-16-9-5-4-6-10(21(3,18)19)12(9)15-13(16)20/h4-6,8H,7H2,1-3H3,(H,14,17)(H,15,20). The van der Waals surface area contributed by atoms with E-state index in [1.54, 1.807) is 16.7 Å². The summed E-state index contributed by atoms with van der Waals surface area (Å²) < 4.78 is 25.5. The third-order valence-corrected chi connectivity index (χ3v) is 4.38. The van der Waals surface area contributed by atoms with Gasteiger partial charge in [-0.05, 0) is 38.2 Å². The summed E-state index contributed by atoms with van der Waals surface area (Å²) in [6.45, 7) is 3.78. The second kappa shape index (κ2) is 5.61. The minimum atomic E-state index is -3.37. The van der Waals surface area contributed by atoms with E-state index in [2.05, 4.69) is 10.3 Å². The largest absolute Gasteiger partial charge is 0.352 e. The number of benzene rings is 1. The number of rotatable bonds is 4. The normalized spacial score (nSPS) is 12.0. The first kappa shape index (κ1) is 15.7. The Balaban J connectivity index is 2.55. The topological polar surface area (TPSA) is 84.0 Å². The Morgan fingerprint density at radius 2 is 2.10 bits per heavy atom. The summed E-state index contributed by atoms with van der Waals surface area (Å²) in [5.41, 5.74) is 1.03. The van der Waals surface area contributed by atoms with E-state index in [4.69, 9.17) is 12.2 Å². The quantitative estimate of drug-likeness (QED) is 0.836. The zero-order chi connectivity index (χ0) is 15.8. The van der Waals surface area contributed by atoms with E-state index in [9.17, 15) is 13.2 Å². The van der Waals surface area contributed by atoms with Gasteiger partial charge < -0.3 is 14.9 Å². The van der Waals surface area contributed by atoms with Gasteiger partial charge >= 0.3 is 0 Å². The van der Waals surface area contributed by atoms with Gasteiger partial charge in [0.25, 0.3) is 0 Å². The van der Waals surface area contributed by atoms with Crippen LogP contribution in [0.3, 0.4) is 0 Å². The monoisotopic (exact) mass is 327 g/mol. The lowest BCUT2D eigenvalue weighted by atomic mass is 10.3. The van der Waals surface area contributed by atoms with Crippen LogP contribution in [-0.4, -0.2) is 36.2 Å². The number of amides is 1. The third kappa shape index (κ3) is 3.33. The number of aromatic nitrogens is 2. The number of aromatic amines is 1.